The first kappa shape index (κ1) is 26.4. The Hall–Kier alpha value is -4.16. The second kappa shape index (κ2) is 11.7. The molecule has 39 heavy (non-hydrogen) atoms. The average Bonchev–Trinajstić information content (AvgIpc) is 3.12. The molecule has 200 valence electrons. The minimum Gasteiger partial charge on any atom is -0.462 e. The first-order valence-corrected chi connectivity index (χ1v) is 13.4. The van der Waals surface area contributed by atoms with Gasteiger partial charge in [0.15, 0.2) is 0 Å². The van der Waals surface area contributed by atoms with Gasteiger partial charge in [0.1, 0.15) is 5.70 Å². The predicted octanol–water partition coefficient (Wildman–Crippen LogP) is 5.15. The van der Waals surface area contributed by atoms with Crippen molar-refractivity contribution in [1.82, 2.24) is 4.90 Å². The molecule has 6 nitrogen and oxygen atoms in total. The Labute approximate surface area is 229 Å². The predicted molar refractivity (Wildman–Crippen MR) is 150 cm³/mol. The zero-order chi connectivity index (χ0) is 27.2. The lowest BCUT2D eigenvalue weighted by atomic mass is 9.67. The highest BCUT2D eigenvalue weighted by molar-refractivity contribution is 6.13. The molecule has 0 saturated carbocycles. The van der Waals surface area contributed by atoms with Gasteiger partial charge in [-0.25, -0.2) is 9.59 Å². The fourth-order valence-corrected chi connectivity index (χ4v) is 5.74. The highest BCUT2D eigenvalue weighted by atomic mass is 16.5. The molecule has 5 rings (SSSR count). The van der Waals surface area contributed by atoms with Gasteiger partial charge in [0.2, 0.25) is 0 Å². The van der Waals surface area contributed by atoms with Gasteiger partial charge in [-0.05, 0) is 36.1 Å². The van der Waals surface area contributed by atoms with Crippen LogP contribution in [0.25, 0.3) is 5.57 Å². The van der Waals surface area contributed by atoms with Crippen molar-refractivity contribution in [2.45, 2.75) is 25.3 Å². The van der Waals surface area contributed by atoms with E-state index in [0.29, 0.717) is 25.3 Å². The monoisotopic (exact) mass is 523 g/mol. The Kier molecular flexibility index (Phi) is 7.94. The molecular formula is C33H33NO5. The summed E-state index contributed by atoms with van der Waals surface area (Å²) in [7, 11) is 0. The first-order chi connectivity index (χ1) is 19.1. The number of rotatable bonds is 7. The number of hydrogen-bond donors (Lipinski definition) is 0. The fourth-order valence-electron chi connectivity index (χ4n) is 5.74. The van der Waals surface area contributed by atoms with Crippen molar-refractivity contribution < 1.29 is 23.8 Å². The van der Waals surface area contributed by atoms with Crippen LogP contribution in [0.1, 0.15) is 30.5 Å². The third-order valence-corrected chi connectivity index (χ3v) is 7.36. The van der Waals surface area contributed by atoms with Crippen LogP contribution in [0, 0.1) is 0 Å². The molecule has 2 aliphatic rings. The van der Waals surface area contributed by atoms with E-state index in [1.807, 2.05) is 71.6 Å². The highest BCUT2D eigenvalue weighted by Gasteiger charge is 2.50. The number of ether oxygens (including phenoxy) is 3. The number of nitrogens with zero attached hydrogens (tertiary/aromatic N) is 1. The van der Waals surface area contributed by atoms with Crippen LogP contribution in [0.2, 0.25) is 0 Å². The largest absolute Gasteiger partial charge is 0.462 e. The van der Waals surface area contributed by atoms with E-state index in [1.165, 1.54) is 0 Å². The van der Waals surface area contributed by atoms with Crippen molar-refractivity contribution in [2.24, 2.45) is 0 Å². The summed E-state index contributed by atoms with van der Waals surface area (Å²) in [5.41, 5.74) is 3.13. The van der Waals surface area contributed by atoms with Gasteiger partial charge in [-0.2, -0.15) is 0 Å². The maximum absolute atomic E-state index is 13.8. The summed E-state index contributed by atoms with van der Waals surface area (Å²) >= 11 is 0. The van der Waals surface area contributed by atoms with Crippen LogP contribution in [0.15, 0.2) is 108 Å². The Morgan fingerprint density at radius 3 is 1.92 bits per heavy atom. The van der Waals surface area contributed by atoms with Crippen LogP contribution in [0.5, 0.6) is 0 Å². The molecule has 0 bridgehead atoms. The number of carbonyl (C=O) groups excluding carboxylic acids is 2. The van der Waals surface area contributed by atoms with Crippen molar-refractivity contribution in [3.63, 3.8) is 0 Å². The topological polar surface area (TPSA) is 65.1 Å². The van der Waals surface area contributed by atoms with Crippen LogP contribution < -0.4 is 0 Å². The van der Waals surface area contributed by atoms with Crippen molar-refractivity contribution in [1.29, 1.82) is 0 Å². The molecule has 2 heterocycles. The fraction of sp³-hybridized carbons (Fsp3) is 0.273. The second-order valence-corrected chi connectivity index (χ2v) is 9.47. The van der Waals surface area contributed by atoms with E-state index >= 15 is 0 Å². The zero-order valence-electron chi connectivity index (χ0n) is 22.3. The molecule has 1 saturated heterocycles. The summed E-state index contributed by atoms with van der Waals surface area (Å²) in [6, 6.07) is 29.8. The van der Waals surface area contributed by atoms with Crippen molar-refractivity contribution in [3.05, 3.63) is 125 Å². The molecule has 0 aliphatic carbocycles. The van der Waals surface area contributed by atoms with Gasteiger partial charge in [0.05, 0.1) is 43.5 Å². The SMILES string of the molecule is CCOC(=O)C1=C(C(=O)OCC)N2CCOCC2C(c2ccccc2)(c2ccccc2)C=C1c1ccccc1. The van der Waals surface area contributed by atoms with Gasteiger partial charge in [-0.3, -0.25) is 0 Å². The number of carbonyl (C=O) groups is 2. The van der Waals surface area contributed by atoms with Crippen molar-refractivity contribution in [3.8, 4) is 0 Å². The molecule has 1 fully saturated rings. The summed E-state index contributed by atoms with van der Waals surface area (Å²) in [6.07, 6.45) is 2.14. The molecule has 0 aromatic heterocycles. The van der Waals surface area contributed by atoms with E-state index in [1.54, 1.807) is 13.8 Å². The first-order valence-electron chi connectivity index (χ1n) is 13.4. The summed E-state index contributed by atoms with van der Waals surface area (Å²) in [5, 5.41) is 0. The lowest BCUT2D eigenvalue weighted by Crippen LogP contribution is -2.56. The Bertz CT molecular complexity index is 1330. The summed E-state index contributed by atoms with van der Waals surface area (Å²) in [5.74, 6) is -1.11. The third kappa shape index (κ3) is 4.88. The lowest BCUT2D eigenvalue weighted by molar-refractivity contribution is -0.144. The molecule has 2 aliphatic heterocycles. The van der Waals surface area contributed by atoms with E-state index in [4.69, 9.17) is 14.2 Å². The molecule has 3 aromatic carbocycles. The maximum Gasteiger partial charge on any atom is 0.355 e. The maximum atomic E-state index is 13.8. The summed E-state index contributed by atoms with van der Waals surface area (Å²) in [6.45, 7) is 5.06. The molecule has 1 atom stereocenters. The van der Waals surface area contributed by atoms with E-state index in [9.17, 15) is 9.59 Å². The molecule has 0 spiro atoms. The van der Waals surface area contributed by atoms with Crippen LogP contribution in [-0.4, -0.2) is 55.9 Å². The number of fused-ring (bicyclic) bond motifs is 1. The molecule has 6 heteroatoms. The quantitative estimate of drug-likeness (QED) is 0.399. The van der Waals surface area contributed by atoms with E-state index in [-0.39, 0.29) is 30.5 Å². The molecule has 3 aromatic rings. The summed E-state index contributed by atoms with van der Waals surface area (Å²) in [4.78, 5) is 29.6. The minimum atomic E-state index is -0.778. The standard InChI is InChI=1S/C33H33NO5/c1-3-38-31(35)29-27(24-14-8-5-9-15-24)22-33(25-16-10-6-11-17-25,26-18-12-7-13-19-26)28-23-37-21-20-34(28)30(29)32(36)39-4-2/h5-19,22,28H,3-4,20-21,23H2,1-2H3. The van der Waals surface area contributed by atoms with Gasteiger partial charge in [-0.1, -0.05) is 97.1 Å². The highest BCUT2D eigenvalue weighted by Crippen LogP contribution is 2.48. The van der Waals surface area contributed by atoms with E-state index in [0.717, 1.165) is 16.7 Å². The Balaban J connectivity index is 1.94. The normalized spacial score (nSPS) is 18.5. The smallest absolute Gasteiger partial charge is 0.355 e. The number of hydrogen-bond acceptors (Lipinski definition) is 6. The van der Waals surface area contributed by atoms with Crippen LogP contribution in [0.4, 0.5) is 0 Å². The van der Waals surface area contributed by atoms with Crippen molar-refractivity contribution in [2.75, 3.05) is 33.0 Å². The molecule has 0 N–H and O–H groups in total. The molecule has 0 amide bonds. The van der Waals surface area contributed by atoms with Crippen LogP contribution >= 0.6 is 0 Å². The third-order valence-electron chi connectivity index (χ3n) is 7.36. The minimum absolute atomic E-state index is 0.176. The molecule has 0 radical (unpaired) electrons. The number of benzene rings is 3. The lowest BCUT2D eigenvalue weighted by Gasteiger charge is -2.48. The second-order valence-electron chi connectivity index (χ2n) is 9.47. The van der Waals surface area contributed by atoms with E-state index < -0.39 is 17.4 Å². The van der Waals surface area contributed by atoms with Crippen LogP contribution in [0.3, 0.4) is 0 Å². The van der Waals surface area contributed by atoms with E-state index in [2.05, 4.69) is 30.3 Å². The van der Waals surface area contributed by atoms with Gasteiger partial charge < -0.3 is 19.1 Å². The summed E-state index contributed by atoms with van der Waals surface area (Å²) < 4.78 is 17.3. The average molecular weight is 524 g/mol. The molecular weight excluding hydrogens is 490 g/mol. The van der Waals surface area contributed by atoms with Crippen molar-refractivity contribution >= 4 is 17.5 Å². The van der Waals surface area contributed by atoms with Gasteiger partial charge in [0, 0.05) is 6.54 Å². The van der Waals surface area contributed by atoms with Gasteiger partial charge >= 0.3 is 11.9 Å². The molecule has 1 unspecified atom stereocenters. The van der Waals surface area contributed by atoms with Gasteiger partial charge in [-0.15, -0.1) is 0 Å². The Morgan fingerprint density at radius 2 is 1.36 bits per heavy atom. The number of morpholine rings is 1. The van der Waals surface area contributed by atoms with Crippen LogP contribution in [-0.2, 0) is 29.2 Å². The number of esters is 2. The Morgan fingerprint density at radius 1 is 0.821 bits per heavy atom. The van der Waals surface area contributed by atoms with Gasteiger partial charge in [0.25, 0.3) is 0 Å². The zero-order valence-corrected chi connectivity index (χ0v) is 22.3.